The fourth-order valence-electron chi connectivity index (χ4n) is 2.26. The topological polar surface area (TPSA) is 28.2 Å². The first kappa shape index (κ1) is 11.4. The first-order chi connectivity index (χ1) is 7.79. The van der Waals surface area contributed by atoms with Crippen LogP contribution in [0.15, 0.2) is 18.3 Å². The van der Waals surface area contributed by atoms with Gasteiger partial charge < -0.3 is 10.2 Å². The van der Waals surface area contributed by atoms with Gasteiger partial charge in [0.05, 0.1) is 0 Å². The highest BCUT2D eigenvalue weighted by atomic mass is 15.1. The average Bonchev–Trinajstić information content (AvgIpc) is 2.82. The quantitative estimate of drug-likeness (QED) is 0.835. The fourth-order valence-corrected chi connectivity index (χ4v) is 2.26. The van der Waals surface area contributed by atoms with Gasteiger partial charge in [0.1, 0.15) is 0 Å². The van der Waals surface area contributed by atoms with Gasteiger partial charge in [-0.3, -0.25) is 4.98 Å². The zero-order valence-electron chi connectivity index (χ0n) is 10.2. The highest BCUT2D eigenvalue weighted by molar-refractivity contribution is 5.45. The van der Waals surface area contributed by atoms with E-state index in [1.165, 1.54) is 24.3 Å². The van der Waals surface area contributed by atoms with Gasteiger partial charge in [-0.25, -0.2) is 0 Å². The van der Waals surface area contributed by atoms with E-state index >= 15 is 0 Å². The smallest absolute Gasteiger partial charge is 0.0421 e. The number of aryl methyl sites for hydroxylation is 1. The molecule has 1 saturated heterocycles. The van der Waals surface area contributed by atoms with Crippen molar-refractivity contribution in [2.45, 2.75) is 19.8 Å². The lowest BCUT2D eigenvalue weighted by Gasteiger charge is -2.23. The number of nitrogens with zero attached hydrogens (tertiary/aromatic N) is 2. The Morgan fingerprint density at radius 2 is 2.44 bits per heavy atom. The number of nitrogens with one attached hydrogen (secondary N) is 1. The monoisotopic (exact) mass is 219 g/mol. The summed E-state index contributed by atoms with van der Waals surface area (Å²) in [5.74, 6) is 0.795. The number of hydrogen-bond donors (Lipinski definition) is 1. The van der Waals surface area contributed by atoms with Crippen molar-refractivity contribution in [1.82, 2.24) is 10.3 Å². The maximum atomic E-state index is 4.33. The second kappa shape index (κ2) is 5.30. The zero-order valence-corrected chi connectivity index (χ0v) is 10.2. The molecule has 1 aromatic heterocycles. The Morgan fingerprint density at radius 3 is 3.12 bits per heavy atom. The third-order valence-corrected chi connectivity index (χ3v) is 3.30. The maximum Gasteiger partial charge on any atom is 0.0421 e. The molecule has 3 heteroatoms. The van der Waals surface area contributed by atoms with Crippen LogP contribution in [-0.4, -0.2) is 31.7 Å². The van der Waals surface area contributed by atoms with E-state index in [-0.39, 0.29) is 0 Å². The molecule has 1 aromatic rings. The van der Waals surface area contributed by atoms with Gasteiger partial charge >= 0.3 is 0 Å². The van der Waals surface area contributed by atoms with Crippen molar-refractivity contribution in [3.8, 4) is 0 Å². The number of pyridine rings is 1. The Kier molecular flexibility index (Phi) is 3.78. The highest BCUT2D eigenvalue weighted by Gasteiger charge is 2.16. The highest BCUT2D eigenvalue weighted by Crippen LogP contribution is 2.17. The Labute approximate surface area is 97.9 Å². The van der Waals surface area contributed by atoms with Crippen LogP contribution in [0, 0.1) is 5.92 Å². The summed E-state index contributed by atoms with van der Waals surface area (Å²) in [6.45, 7) is 5.62. The maximum absolute atomic E-state index is 4.33. The van der Waals surface area contributed by atoms with E-state index in [2.05, 4.69) is 41.3 Å². The van der Waals surface area contributed by atoms with Gasteiger partial charge in [0.2, 0.25) is 0 Å². The summed E-state index contributed by atoms with van der Waals surface area (Å²) in [4.78, 5) is 6.68. The van der Waals surface area contributed by atoms with Crippen LogP contribution in [0.4, 0.5) is 5.69 Å². The van der Waals surface area contributed by atoms with E-state index < -0.39 is 0 Å². The molecule has 0 radical (unpaired) electrons. The molecule has 0 bridgehead atoms. The molecular weight excluding hydrogens is 198 g/mol. The van der Waals surface area contributed by atoms with Crippen molar-refractivity contribution in [2.75, 3.05) is 31.6 Å². The van der Waals surface area contributed by atoms with Gasteiger partial charge in [0.25, 0.3) is 0 Å². The van der Waals surface area contributed by atoms with E-state index in [0.29, 0.717) is 0 Å². The Bertz CT molecular complexity index is 332. The van der Waals surface area contributed by atoms with Gasteiger partial charge in [-0.1, -0.05) is 6.92 Å². The molecule has 0 saturated carbocycles. The molecule has 88 valence electrons. The van der Waals surface area contributed by atoms with Crippen molar-refractivity contribution in [3.63, 3.8) is 0 Å². The largest absolute Gasteiger partial charge is 0.374 e. The number of aromatic nitrogens is 1. The predicted molar refractivity (Wildman–Crippen MR) is 67.9 cm³/mol. The minimum absolute atomic E-state index is 0.795. The molecule has 3 nitrogen and oxygen atoms in total. The molecule has 1 aliphatic heterocycles. The molecule has 0 spiro atoms. The molecule has 0 amide bonds. The van der Waals surface area contributed by atoms with Gasteiger partial charge in [-0.15, -0.1) is 0 Å². The van der Waals surface area contributed by atoms with Crippen LogP contribution in [0.2, 0.25) is 0 Å². The fraction of sp³-hybridized carbons (Fsp3) is 0.615. The zero-order chi connectivity index (χ0) is 11.4. The first-order valence-electron chi connectivity index (χ1n) is 6.16. The summed E-state index contributed by atoms with van der Waals surface area (Å²) < 4.78 is 0. The molecule has 2 heterocycles. The summed E-state index contributed by atoms with van der Waals surface area (Å²) in [7, 11) is 2.17. The van der Waals surface area contributed by atoms with Crippen LogP contribution in [0.25, 0.3) is 0 Å². The number of rotatable bonds is 4. The summed E-state index contributed by atoms with van der Waals surface area (Å²) in [6, 6.07) is 4.30. The number of hydrogen-bond acceptors (Lipinski definition) is 3. The van der Waals surface area contributed by atoms with Crippen LogP contribution < -0.4 is 10.2 Å². The normalized spacial score (nSPS) is 20.0. The van der Waals surface area contributed by atoms with Crippen molar-refractivity contribution < 1.29 is 0 Å². The molecule has 1 unspecified atom stereocenters. The molecule has 16 heavy (non-hydrogen) atoms. The third kappa shape index (κ3) is 2.73. The summed E-state index contributed by atoms with van der Waals surface area (Å²) in [5, 5.41) is 3.41. The average molecular weight is 219 g/mol. The minimum Gasteiger partial charge on any atom is -0.374 e. The van der Waals surface area contributed by atoms with Gasteiger partial charge in [-0.05, 0) is 44.0 Å². The van der Waals surface area contributed by atoms with Crippen molar-refractivity contribution in [2.24, 2.45) is 5.92 Å². The van der Waals surface area contributed by atoms with Crippen LogP contribution in [0.5, 0.6) is 0 Å². The van der Waals surface area contributed by atoms with E-state index in [0.717, 1.165) is 25.4 Å². The van der Waals surface area contributed by atoms with Gasteiger partial charge in [0, 0.05) is 31.2 Å². The molecule has 0 aliphatic carbocycles. The lowest BCUT2D eigenvalue weighted by Crippen LogP contribution is -2.26. The summed E-state index contributed by atoms with van der Waals surface area (Å²) in [5.41, 5.74) is 2.47. The molecule has 2 rings (SSSR count). The summed E-state index contributed by atoms with van der Waals surface area (Å²) >= 11 is 0. The van der Waals surface area contributed by atoms with E-state index in [1.807, 2.05) is 6.20 Å². The lowest BCUT2D eigenvalue weighted by molar-refractivity contribution is 0.578. The van der Waals surface area contributed by atoms with Crippen molar-refractivity contribution >= 4 is 5.69 Å². The summed E-state index contributed by atoms with van der Waals surface area (Å²) in [6.07, 6.45) is 4.22. The van der Waals surface area contributed by atoms with Crippen LogP contribution >= 0.6 is 0 Å². The van der Waals surface area contributed by atoms with E-state index in [1.54, 1.807) is 0 Å². The molecule has 1 N–H and O–H groups in total. The Balaban J connectivity index is 1.98. The molecule has 0 aromatic carbocycles. The minimum atomic E-state index is 0.795. The first-order valence-corrected chi connectivity index (χ1v) is 6.16. The molecule has 1 aliphatic rings. The standard InChI is InChI=1S/C13H21N3/c1-3-12-8-13(5-7-15-12)16(2)10-11-4-6-14-9-11/h5,7-8,11,14H,3-4,6,9-10H2,1-2H3. The SMILES string of the molecule is CCc1cc(N(C)CC2CCNC2)ccn1. The molecule has 1 fully saturated rings. The molecular formula is C13H21N3. The van der Waals surface area contributed by atoms with Crippen LogP contribution in [0.1, 0.15) is 19.0 Å². The predicted octanol–water partition coefficient (Wildman–Crippen LogP) is 1.69. The van der Waals surface area contributed by atoms with Crippen LogP contribution in [-0.2, 0) is 6.42 Å². The second-order valence-corrected chi connectivity index (χ2v) is 4.60. The Hall–Kier alpha value is -1.09. The van der Waals surface area contributed by atoms with Crippen LogP contribution in [0.3, 0.4) is 0 Å². The third-order valence-electron chi connectivity index (χ3n) is 3.30. The lowest BCUT2D eigenvalue weighted by atomic mass is 10.1. The van der Waals surface area contributed by atoms with E-state index in [9.17, 15) is 0 Å². The van der Waals surface area contributed by atoms with Crippen molar-refractivity contribution in [3.05, 3.63) is 24.0 Å². The number of anilines is 1. The molecule has 1 atom stereocenters. The van der Waals surface area contributed by atoms with Gasteiger partial charge in [-0.2, -0.15) is 0 Å². The Morgan fingerprint density at radius 1 is 1.56 bits per heavy atom. The van der Waals surface area contributed by atoms with Gasteiger partial charge in [0.15, 0.2) is 0 Å². The second-order valence-electron chi connectivity index (χ2n) is 4.60. The van der Waals surface area contributed by atoms with E-state index in [4.69, 9.17) is 0 Å². The van der Waals surface area contributed by atoms with Crippen molar-refractivity contribution in [1.29, 1.82) is 0 Å².